The van der Waals surface area contributed by atoms with Gasteiger partial charge in [0.15, 0.2) is 11.6 Å². The second-order valence-electron chi connectivity index (χ2n) is 23.8. The summed E-state index contributed by atoms with van der Waals surface area (Å²) in [5, 5.41) is 0. The van der Waals surface area contributed by atoms with E-state index in [0.717, 1.165) is 99.6 Å². The highest BCUT2D eigenvalue weighted by atomic mass is 32.1. The highest BCUT2D eigenvalue weighted by Crippen LogP contribution is 2.48. The highest BCUT2D eigenvalue weighted by Gasteiger charge is 2.37. The maximum absolute atomic E-state index is 14.5. The number of para-hydroxylation sites is 4. The van der Waals surface area contributed by atoms with Gasteiger partial charge in [-0.1, -0.05) is 180 Å². The number of allylic oxidation sites excluding steroid dienone is 10. The van der Waals surface area contributed by atoms with E-state index < -0.39 is 21.7 Å². The first-order valence-electron chi connectivity index (χ1n) is 26.2. The van der Waals surface area contributed by atoms with E-state index in [-0.39, 0.29) is 11.6 Å². The Labute approximate surface area is 450 Å². The fourth-order valence-electron chi connectivity index (χ4n) is 10.0. The van der Waals surface area contributed by atoms with E-state index in [9.17, 15) is 9.59 Å². The molecule has 0 N–H and O–H groups in total. The van der Waals surface area contributed by atoms with Crippen LogP contribution in [0.1, 0.15) is 104 Å². The number of thiophene rings is 1. The van der Waals surface area contributed by atoms with Crippen LogP contribution in [-0.2, 0) is 9.59 Å². The number of Topliss-reactive ketones (excluding diaryl/α,β-unsaturated/α-hetero) is 2. The van der Waals surface area contributed by atoms with Gasteiger partial charge in [-0.2, -0.15) is 0 Å². The molecule has 0 saturated heterocycles. The number of carbonyl (C=O) groups is 2. The fraction of sp³-hybridized carbons (Fsp3) is 0.229. The molecule has 0 saturated carbocycles. The van der Waals surface area contributed by atoms with Gasteiger partial charge in [0.25, 0.3) is 0 Å². The van der Waals surface area contributed by atoms with Gasteiger partial charge in [-0.3, -0.25) is 9.59 Å². The van der Waals surface area contributed by atoms with Gasteiger partial charge in [0, 0.05) is 77.3 Å². The van der Waals surface area contributed by atoms with Crippen molar-refractivity contribution in [2.24, 2.45) is 21.7 Å². The predicted molar refractivity (Wildman–Crippen MR) is 319 cm³/mol. The second-order valence-corrected chi connectivity index (χ2v) is 24.9. The van der Waals surface area contributed by atoms with Crippen LogP contribution in [0.3, 0.4) is 0 Å². The van der Waals surface area contributed by atoms with Crippen LogP contribution in [0.2, 0.25) is 0 Å². The minimum Gasteiger partial charge on any atom is -0.311 e. The van der Waals surface area contributed by atoms with Gasteiger partial charge >= 0.3 is 0 Å². The maximum Gasteiger partial charge on any atom is 0.186 e. The molecule has 6 aromatic carbocycles. The summed E-state index contributed by atoms with van der Waals surface area (Å²) in [5.74, 6) is 0.204. The van der Waals surface area contributed by atoms with Crippen LogP contribution in [0.25, 0.3) is 11.1 Å². The minimum absolute atomic E-state index is 0.102. The predicted octanol–water partition coefficient (Wildman–Crippen LogP) is 19.3. The highest BCUT2D eigenvalue weighted by molar-refractivity contribution is 7.14. The first-order valence-corrected chi connectivity index (χ1v) is 27.0. The topological polar surface area (TPSA) is 40.6 Å². The van der Waals surface area contributed by atoms with E-state index in [1.54, 1.807) is 11.3 Å². The van der Waals surface area contributed by atoms with Crippen molar-refractivity contribution < 1.29 is 9.59 Å². The average molecular weight is 1000 g/mol. The lowest BCUT2D eigenvalue weighted by atomic mass is 9.71. The standard InChI is InChI=1S/C70H70N2O2S/c1-67(2,3)57-43-49(44-58(65(57)73)68(4,5)6)63(47-33-37-55(38-34-47)71(51-25-17-13-18-26-51)52-27-19-14-20-28-52)61-41-42-62(75-61)64(50-45-59(69(7,8)9)66(74)60(46-50)70(10,11)12)48-35-39-56(40-36-48)72(53-29-21-15-22-30-53)54-31-23-16-24-32-54/h13-46H,1-12H3. The van der Waals surface area contributed by atoms with Gasteiger partial charge in [0.1, 0.15) is 0 Å². The molecule has 378 valence electrons. The summed E-state index contributed by atoms with van der Waals surface area (Å²) in [5.41, 5.74) is 14.1. The minimum atomic E-state index is -0.401. The quantitative estimate of drug-likeness (QED) is 0.137. The van der Waals surface area contributed by atoms with Gasteiger partial charge in [-0.05, 0) is 153 Å². The van der Waals surface area contributed by atoms with E-state index in [4.69, 9.17) is 0 Å². The number of benzene rings is 6. The Bertz CT molecular complexity index is 3050. The molecular weight excluding hydrogens is 933 g/mol. The molecular formula is C70H70N2O2S. The zero-order chi connectivity index (χ0) is 53.5. The van der Waals surface area contributed by atoms with E-state index in [1.165, 1.54) is 0 Å². The monoisotopic (exact) mass is 1000 g/mol. The SMILES string of the molecule is CC(C)(C)C1=CC(=C(c2ccc(N(c3ccccc3)c3ccccc3)cc2)c2ccc(C(=C3C=C(C(C)(C)C)C(=O)C(C(C)(C)C)=C3)c3ccc(N(c4ccccc4)c4ccccc4)cc3)s2)C=C(C(C)(C)C)C1=O. The van der Waals surface area contributed by atoms with Gasteiger partial charge < -0.3 is 9.80 Å². The molecule has 0 fully saturated rings. The Morgan fingerprint density at radius 3 is 0.760 bits per heavy atom. The first kappa shape index (κ1) is 52.3. The van der Waals surface area contributed by atoms with E-state index in [1.807, 2.05) is 24.3 Å². The van der Waals surface area contributed by atoms with Crippen LogP contribution in [0, 0.1) is 21.7 Å². The number of ketones is 2. The molecule has 1 aromatic heterocycles. The summed E-state index contributed by atoms with van der Waals surface area (Å²) >= 11 is 1.75. The first-order chi connectivity index (χ1) is 35.6. The van der Waals surface area contributed by atoms with Crippen molar-refractivity contribution in [3.63, 3.8) is 0 Å². The molecule has 0 spiro atoms. The van der Waals surface area contributed by atoms with Crippen molar-refractivity contribution >= 4 is 68.2 Å². The number of nitrogens with zero attached hydrogens (tertiary/aromatic N) is 2. The molecule has 0 amide bonds. The third kappa shape index (κ3) is 11.1. The van der Waals surface area contributed by atoms with Crippen LogP contribution in [0.15, 0.2) is 240 Å². The van der Waals surface area contributed by atoms with Crippen molar-refractivity contribution in [2.45, 2.75) is 83.1 Å². The molecule has 4 nitrogen and oxygen atoms in total. The summed E-state index contributed by atoms with van der Waals surface area (Å²) < 4.78 is 0. The molecule has 0 radical (unpaired) electrons. The third-order valence-corrected chi connectivity index (χ3v) is 15.1. The lowest BCUT2D eigenvalue weighted by Crippen LogP contribution is -2.28. The van der Waals surface area contributed by atoms with Crippen LogP contribution < -0.4 is 9.80 Å². The van der Waals surface area contributed by atoms with Gasteiger partial charge in [0.05, 0.1) is 0 Å². The molecule has 2 aliphatic rings. The number of carbonyl (C=O) groups excluding carboxylic acids is 2. The van der Waals surface area contributed by atoms with E-state index >= 15 is 0 Å². The number of hydrogen-bond acceptors (Lipinski definition) is 5. The molecule has 75 heavy (non-hydrogen) atoms. The molecule has 0 aliphatic heterocycles. The molecule has 0 bridgehead atoms. The molecule has 1 heterocycles. The molecule has 5 heteroatoms. The van der Waals surface area contributed by atoms with Crippen molar-refractivity contribution in [1.82, 2.24) is 0 Å². The molecule has 9 rings (SSSR count). The second kappa shape index (κ2) is 20.6. The van der Waals surface area contributed by atoms with Gasteiger partial charge in [0.2, 0.25) is 0 Å². The number of anilines is 6. The summed E-state index contributed by atoms with van der Waals surface area (Å²) in [6.45, 7) is 25.6. The maximum atomic E-state index is 14.5. The lowest BCUT2D eigenvalue weighted by Gasteiger charge is -2.32. The van der Waals surface area contributed by atoms with Crippen molar-refractivity contribution in [3.05, 3.63) is 261 Å². The molecule has 7 aromatic rings. The van der Waals surface area contributed by atoms with Crippen LogP contribution >= 0.6 is 11.3 Å². The van der Waals surface area contributed by atoms with Crippen LogP contribution in [-0.4, -0.2) is 11.6 Å². The lowest BCUT2D eigenvalue weighted by molar-refractivity contribution is -0.114. The Morgan fingerprint density at radius 2 is 0.533 bits per heavy atom. The Morgan fingerprint density at radius 1 is 0.307 bits per heavy atom. The zero-order valence-corrected chi connectivity index (χ0v) is 46.6. The smallest absolute Gasteiger partial charge is 0.186 e. The number of rotatable bonds is 10. The van der Waals surface area contributed by atoms with E-state index in [2.05, 4.69) is 275 Å². The van der Waals surface area contributed by atoms with Gasteiger partial charge in [-0.15, -0.1) is 11.3 Å². The largest absolute Gasteiger partial charge is 0.311 e. The molecule has 2 aliphatic carbocycles. The summed E-state index contributed by atoms with van der Waals surface area (Å²) in [4.78, 5) is 35.7. The van der Waals surface area contributed by atoms with Crippen LogP contribution in [0.5, 0.6) is 0 Å². The van der Waals surface area contributed by atoms with E-state index in [0.29, 0.717) is 0 Å². The number of hydrogen-bond donors (Lipinski definition) is 0. The summed E-state index contributed by atoms with van der Waals surface area (Å²) in [6, 6.07) is 64.2. The van der Waals surface area contributed by atoms with Gasteiger partial charge in [-0.25, -0.2) is 0 Å². The molecule has 0 atom stereocenters. The average Bonchev–Trinajstić information content (AvgIpc) is 3.85. The normalized spacial score (nSPS) is 14.5. The Hall–Kier alpha value is -7.60. The van der Waals surface area contributed by atoms with Crippen molar-refractivity contribution in [3.8, 4) is 0 Å². The van der Waals surface area contributed by atoms with Crippen molar-refractivity contribution in [2.75, 3.05) is 9.80 Å². The Kier molecular flexibility index (Phi) is 14.4. The third-order valence-electron chi connectivity index (χ3n) is 14.0. The molecule has 0 unspecified atom stereocenters. The van der Waals surface area contributed by atoms with Crippen LogP contribution in [0.4, 0.5) is 34.1 Å². The Balaban J connectivity index is 1.28. The fourth-order valence-corrected chi connectivity index (χ4v) is 11.2. The summed E-state index contributed by atoms with van der Waals surface area (Å²) in [6.07, 6.45) is 8.58. The zero-order valence-electron chi connectivity index (χ0n) is 45.7. The summed E-state index contributed by atoms with van der Waals surface area (Å²) in [7, 11) is 0. The van der Waals surface area contributed by atoms with Crippen molar-refractivity contribution in [1.29, 1.82) is 0 Å².